The molecule has 1 fully saturated rings. The van der Waals surface area contributed by atoms with Crippen LogP contribution in [0.3, 0.4) is 0 Å². The van der Waals surface area contributed by atoms with Gasteiger partial charge in [-0.3, -0.25) is 9.89 Å². The van der Waals surface area contributed by atoms with Gasteiger partial charge in [0, 0.05) is 53.0 Å². The first-order valence-corrected chi connectivity index (χ1v) is 9.15. The molecule has 1 unspecified atom stereocenters. The third-order valence-electron chi connectivity index (χ3n) is 3.77. The molecule has 0 aromatic carbocycles. The molecule has 0 amide bonds. The Kier molecular flexibility index (Phi) is 17.2. The van der Waals surface area contributed by atoms with Crippen molar-refractivity contribution in [2.45, 2.75) is 20.3 Å². The molecule has 1 aliphatic rings. The highest BCUT2D eigenvalue weighted by atomic mass is 127. The van der Waals surface area contributed by atoms with Crippen molar-refractivity contribution < 1.29 is 14.2 Å². The molecule has 1 saturated heterocycles. The first kappa shape index (κ1) is 24.8. The van der Waals surface area contributed by atoms with Gasteiger partial charge in [-0.05, 0) is 19.3 Å². The molecule has 0 radical (unpaired) electrons. The summed E-state index contributed by atoms with van der Waals surface area (Å²) in [7, 11) is 1.68. The van der Waals surface area contributed by atoms with Gasteiger partial charge in [-0.1, -0.05) is 6.92 Å². The molecule has 2 N–H and O–H groups in total. The Bertz CT molecular complexity index is 329. The third-order valence-corrected chi connectivity index (χ3v) is 3.77. The number of hydrogen-bond donors (Lipinski definition) is 2. The Morgan fingerprint density at radius 1 is 1.20 bits per heavy atom. The summed E-state index contributed by atoms with van der Waals surface area (Å²) in [6.07, 6.45) is 0.956. The van der Waals surface area contributed by atoms with Crippen LogP contribution in [0, 0.1) is 5.92 Å². The molecule has 8 heteroatoms. The quantitative estimate of drug-likeness (QED) is 0.193. The molecule has 1 rings (SSSR count). The topological polar surface area (TPSA) is 67.4 Å². The summed E-state index contributed by atoms with van der Waals surface area (Å²) < 4.78 is 15.8. The van der Waals surface area contributed by atoms with E-state index in [0.29, 0.717) is 19.1 Å². The fourth-order valence-corrected chi connectivity index (χ4v) is 2.50. The number of nitrogens with zero attached hydrogens (tertiary/aromatic N) is 2. The van der Waals surface area contributed by atoms with E-state index in [2.05, 4.69) is 29.4 Å². The van der Waals surface area contributed by atoms with Crippen molar-refractivity contribution in [3.05, 3.63) is 0 Å². The van der Waals surface area contributed by atoms with E-state index in [9.17, 15) is 0 Å². The number of methoxy groups -OCH3 is 1. The largest absolute Gasteiger partial charge is 0.382 e. The van der Waals surface area contributed by atoms with Crippen molar-refractivity contribution in [3.8, 4) is 0 Å². The molecule has 1 atom stereocenters. The second-order valence-corrected chi connectivity index (χ2v) is 6.12. The van der Waals surface area contributed by atoms with Crippen LogP contribution in [-0.4, -0.2) is 90.3 Å². The van der Waals surface area contributed by atoms with Crippen molar-refractivity contribution >= 4 is 29.9 Å². The van der Waals surface area contributed by atoms with Gasteiger partial charge >= 0.3 is 0 Å². The molecule has 25 heavy (non-hydrogen) atoms. The second kappa shape index (κ2) is 17.3. The molecule has 0 bridgehead atoms. The molecular formula is C17H37IN4O3. The minimum Gasteiger partial charge on any atom is -0.382 e. The van der Waals surface area contributed by atoms with Crippen molar-refractivity contribution in [2.75, 3.05) is 79.4 Å². The lowest BCUT2D eigenvalue weighted by Crippen LogP contribution is -2.40. The van der Waals surface area contributed by atoms with E-state index in [0.717, 1.165) is 71.5 Å². The smallest absolute Gasteiger partial charge is 0.191 e. The van der Waals surface area contributed by atoms with Gasteiger partial charge in [0.2, 0.25) is 0 Å². The van der Waals surface area contributed by atoms with Crippen LogP contribution >= 0.6 is 24.0 Å². The monoisotopic (exact) mass is 472 g/mol. The number of halogens is 1. The van der Waals surface area contributed by atoms with Gasteiger partial charge < -0.3 is 24.8 Å². The third kappa shape index (κ3) is 13.7. The van der Waals surface area contributed by atoms with Crippen molar-refractivity contribution in [1.29, 1.82) is 0 Å². The zero-order chi connectivity index (χ0) is 17.5. The summed E-state index contributed by atoms with van der Waals surface area (Å²) in [6.45, 7) is 13.8. The Hall–Kier alpha value is -0.160. The normalized spacial score (nSPS) is 17.0. The van der Waals surface area contributed by atoms with Gasteiger partial charge in [0.15, 0.2) is 5.96 Å². The molecule has 1 heterocycles. The highest BCUT2D eigenvalue weighted by Gasteiger charge is 2.13. The summed E-state index contributed by atoms with van der Waals surface area (Å²) in [6, 6.07) is 0. The Labute approximate surface area is 170 Å². The zero-order valence-corrected chi connectivity index (χ0v) is 18.4. The van der Waals surface area contributed by atoms with Crippen LogP contribution in [0.2, 0.25) is 0 Å². The lowest BCUT2D eigenvalue weighted by molar-refractivity contribution is 0.0323. The van der Waals surface area contributed by atoms with Crippen LogP contribution in [0.1, 0.15) is 20.3 Å². The molecule has 0 saturated carbocycles. The van der Waals surface area contributed by atoms with Crippen molar-refractivity contribution in [2.24, 2.45) is 10.9 Å². The Balaban J connectivity index is 0.00000576. The minimum absolute atomic E-state index is 0. The first-order valence-electron chi connectivity index (χ1n) is 9.15. The number of morpholine rings is 1. The van der Waals surface area contributed by atoms with Crippen LogP contribution in [0.25, 0.3) is 0 Å². The van der Waals surface area contributed by atoms with Gasteiger partial charge in [-0.25, -0.2) is 0 Å². The molecule has 0 spiro atoms. The molecule has 0 aliphatic carbocycles. The van der Waals surface area contributed by atoms with Crippen LogP contribution in [-0.2, 0) is 14.2 Å². The standard InChI is InChI=1S/C17H36N4O3.HI/c1-4-18-17(19-6-5-9-23-13-12-22-3)20-14-16(2)15-21-7-10-24-11-8-21;/h16H,4-15H2,1-3H3,(H2,18,19,20);1H. The number of rotatable bonds is 12. The van der Waals surface area contributed by atoms with Crippen LogP contribution < -0.4 is 10.6 Å². The summed E-state index contributed by atoms with van der Waals surface area (Å²) >= 11 is 0. The second-order valence-electron chi connectivity index (χ2n) is 6.12. The van der Waals surface area contributed by atoms with E-state index < -0.39 is 0 Å². The average molecular weight is 472 g/mol. The summed E-state index contributed by atoms with van der Waals surface area (Å²) in [5.41, 5.74) is 0. The Morgan fingerprint density at radius 2 is 1.96 bits per heavy atom. The molecule has 0 aromatic heterocycles. The maximum Gasteiger partial charge on any atom is 0.191 e. The van der Waals surface area contributed by atoms with E-state index in [4.69, 9.17) is 19.2 Å². The fourth-order valence-electron chi connectivity index (χ4n) is 2.50. The predicted molar refractivity (Wildman–Crippen MR) is 113 cm³/mol. The highest BCUT2D eigenvalue weighted by Crippen LogP contribution is 2.03. The lowest BCUT2D eigenvalue weighted by atomic mass is 10.1. The molecule has 7 nitrogen and oxygen atoms in total. The SMILES string of the molecule is CCNC(=NCC(C)CN1CCOCC1)NCCCOCCOC.I. The van der Waals surface area contributed by atoms with Gasteiger partial charge in [0.05, 0.1) is 26.4 Å². The van der Waals surface area contributed by atoms with Crippen molar-refractivity contribution in [3.63, 3.8) is 0 Å². The van der Waals surface area contributed by atoms with E-state index in [1.807, 2.05) is 0 Å². The zero-order valence-electron chi connectivity index (χ0n) is 16.1. The lowest BCUT2D eigenvalue weighted by Gasteiger charge is -2.28. The van der Waals surface area contributed by atoms with Crippen LogP contribution in [0.5, 0.6) is 0 Å². The summed E-state index contributed by atoms with van der Waals surface area (Å²) in [4.78, 5) is 7.16. The van der Waals surface area contributed by atoms with Crippen molar-refractivity contribution in [1.82, 2.24) is 15.5 Å². The predicted octanol–water partition coefficient (Wildman–Crippen LogP) is 1.18. The molecule has 0 aromatic rings. The number of aliphatic imine (C=N–C) groups is 1. The first-order chi connectivity index (χ1) is 11.8. The van der Waals surface area contributed by atoms with Gasteiger partial charge in [-0.15, -0.1) is 24.0 Å². The minimum atomic E-state index is 0. The van der Waals surface area contributed by atoms with Gasteiger partial charge in [-0.2, -0.15) is 0 Å². The van der Waals surface area contributed by atoms with E-state index in [1.165, 1.54) is 0 Å². The number of nitrogens with one attached hydrogen (secondary N) is 2. The molecule has 150 valence electrons. The Morgan fingerprint density at radius 3 is 2.64 bits per heavy atom. The van der Waals surface area contributed by atoms with E-state index >= 15 is 0 Å². The maximum absolute atomic E-state index is 5.46. The maximum atomic E-state index is 5.46. The molecule has 1 aliphatic heterocycles. The van der Waals surface area contributed by atoms with Gasteiger partial charge in [0.1, 0.15) is 0 Å². The summed E-state index contributed by atoms with van der Waals surface area (Å²) in [5.74, 6) is 1.43. The average Bonchev–Trinajstić information content (AvgIpc) is 2.59. The van der Waals surface area contributed by atoms with E-state index in [-0.39, 0.29) is 24.0 Å². The van der Waals surface area contributed by atoms with Gasteiger partial charge in [0.25, 0.3) is 0 Å². The summed E-state index contributed by atoms with van der Waals surface area (Å²) in [5, 5.41) is 6.66. The number of ether oxygens (including phenoxy) is 3. The highest BCUT2D eigenvalue weighted by molar-refractivity contribution is 14.0. The number of hydrogen-bond acceptors (Lipinski definition) is 5. The van der Waals surface area contributed by atoms with Crippen LogP contribution in [0.4, 0.5) is 0 Å². The molecular weight excluding hydrogens is 435 g/mol. The van der Waals surface area contributed by atoms with Crippen LogP contribution in [0.15, 0.2) is 4.99 Å². The number of guanidine groups is 1. The van der Waals surface area contributed by atoms with E-state index in [1.54, 1.807) is 7.11 Å². The fraction of sp³-hybridized carbons (Fsp3) is 0.941.